The highest BCUT2D eigenvalue weighted by atomic mass is 127. The predicted molar refractivity (Wildman–Crippen MR) is 135 cm³/mol. The van der Waals surface area contributed by atoms with Gasteiger partial charge in [0.25, 0.3) is 10.1 Å². The first-order chi connectivity index (χ1) is 15.7. The average Bonchev–Trinajstić information content (AvgIpc) is 2.71. The van der Waals surface area contributed by atoms with Gasteiger partial charge in [-0.25, -0.2) is 4.79 Å². The Morgan fingerprint density at radius 1 is 1.06 bits per heavy atom. The molecule has 34 heavy (non-hydrogen) atoms. The molecule has 0 aliphatic rings. The van der Waals surface area contributed by atoms with Gasteiger partial charge < -0.3 is 14.8 Å². The van der Waals surface area contributed by atoms with Gasteiger partial charge in [0, 0.05) is 22.6 Å². The molecule has 1 N–H and O–H groups in total. The minimum atomic E-state index is -3.89. The molecular formula is C23H34INO8S. The Hall–Kier alpha value is -1.73. The highest BCUT2D eigenvalue weighted by molar-refractivity contribution is 14.1. The van der Waals surface area contributed by atoms with Crippen LogP contribution in [0.2, 0.25) is 0 Å². The summed E-state index contributed by atoms with van der Waals surface area (Å²) in [5, 5.41) is 2.53. The summed E-state index contributed by atoms with van der Waals surface area (Å²) in [6, 6.07) is 5.49. The number of nitrogens with one attached hydrogen (secondary N) is 1. The Balaban J connectivity index is 2.68. The summed E-state index contributed by atoms with van der Waals surface area (Å²) in [6.45, 7) is 8.77. The molecule has 0 radical (unpaired) electrons. The molecule has 0 saturated heterocycles. The van der Waals surface area contributed by atoms with Crippen molar-refractivity contribution in [3.8, 4) is 0 Å². The van der Waals surface area contributed by atoms with Gasteiger partial charge in [-0.05, 0) is 72.4 Å². The minimum absolute atomic E-state index is 0.0664. The second kappa shape index (κ2) is 14.0. The fourth-order valence-corrected chi connectivity index (χ4v) is 4.38. The first-order valence-corrected chi connectivity index (χ1v) is 13.6. The highest BCUT2D eigenvalue weighted by Crippen LogP contribution is 2.20. The number of aryl methyl sites for hydroxylation is 1. The van der Waals surface area contributed by atoms with Crippen molar-refractivity contribution >= 4 is 48.6 Å². The van der Waals surface area contributed by atoms with Crippen molar-refractivity contribution in [2.45, 2.75) is 76.8 Å². The number of amides is 1. The smallest absolute Gasteiger partial charge is 0.408 e. The Morgan fingerprint density at radius 3 is 2.21 bits per heavy atom. The summed E-state index contributed by atoms with van der Waals surface area (Å²) in [4.78, 5) is 36.5. The maximum atomic E-state index is 12.4. The quantitative estimate of drug-likeness (QED) is 0.115. The van der Waals surface area contributed by atoms with E-state index in [9.17, 15) is 22.8 Å². The zero-order chi connectivity index (χ0) is 25.9. The summed E-state index contributed by atoms with van der Waals surface area (Å²) in [5.74, 6) is -1.02. The molecule has 0 saturated carbocycles. The monoisotopic (exact) mass is 611 g/mol. The lowest BCUT2D eigenvalue weighted by Crippen LogP contribution is -2.42. The van der Waals surface area contributed by atoms with E-state index in [-0.39, 0.29) is 41.2 Å². The van der Waals surface area contributed by atoms with E-state index >= 15 is 0 Å². The summed E-state index contributed by atoms with van der Waals surface area (Å²) in [5.41, 5.74) is 0.218. The number of carbonyl (C=O) groups is 3. The fraction of sp³-hybridized carbons (Fsp3) is 0.609. The third-order valence-corrected chi connectivity index (χ3v) is 6.71. The second-order valence-corrected chi connectivity index (χ2v) is 11.4. The first kappa shape index (κ1) is 30.3. The van der Waals surface area contributed by atoms with Crippen molar-refractivity contribution in [1.29, 1.82) is 0 Å². The zero-order valence-electron chi connectivity index (χ0n) is 20.3. The van der Waals surface area contributed by atoms with Crippen LogP contribution in [-0.2, 0) is 33.4 Å². The van der Waals surface area contributed by atoms with Crippen LogP contribution < -0.4 is 5.32 Å². The molecule has 0 spiro atoms. The van der Waals surface area contributed by atoms with Gasteiger partial charge in [-0.1, -0.05) is 17.7 Å². The zero-order valence-corrected chi connectivity index (χ0v) is 23.2. The number of hydrogen-bond acceptors (Lipinski definition) is 8. The predicted octanol–water partition coefficient (Wildman–Crippen LogP) is 4.29. The van der Waals surface area contributed by atoms with E-state index in [1.807, 2.05) is 6.92 Å². The summed E-state index contributed by atoms with van der Waals surface area (Å²) in [6.07, 6.45) is 0.337. The Kier molecular flexibility index (Phi) is 12.5. The third-order valence-electron chi connectivity index (χ3n) is 4.63. The summed E-state index contributed by atoms with van der Waals surface area (Å²) in [7, 11) is -3.89. The highest BCUT2D eigenvalue weighted by Gasteiger charge is 2.27. The molecule has 1 unspecified atom stereocenters. The molecule has 1 amide bonds. The lowest BCUT2D eigenvalue weighted by Gasteiger charge is -2.23. The number of alkyl carbamates (subject to hydrolysis) is 1. The van der Waals surface area contributed by atoms with Crippen LogP contribution in [0.1, 0.15) is 58.9 Å². The molecule has 1 aromatic rings. The van der Waals surface area contributed by atoms with Crippen molar-refractivity contribution < 1.29 is 36.5 Å². The molecule has 1 aromatic carbocycles. The van der Waals surface area contributed by atoms with Gasteiger partial charge in [-0.2, -0.15) is 8.42 Å². The van der Waals surface area contributed by atoms with E-state index in [4.69, 9.17) is 13.7 Å². The number of esters is 1. The SMILES string of the molecule is CCOC(=O)C(CCCOS(=O)(=O)c1ccc(C)cc1)CC[C@H](NC(=O)OC(C)(C)C)C(=O)I. The standard InChI is InChI=1S/C23H34INO8S/c1-6-31-21(27)17(11-14-19(20(24)26)25-22(28)33-23(3,4)5)8-7-15-32-34(29,30)18-12-9-16(2)10-13-18/h9-10,12-13,17,19H,6-8,11,14-15H2,1-5H3,(H,25,28)/t17?,19-/m0/s1. The Morgan fingerprint density at radius 2 is 1.68 bits per heavy atom. The van der Waals surface area contributed by atoms with Gasteiger partial charge >= 0.3 is 12.1 Å². The molecule has 0 aromatic heterocycles. The molecule has 1 rings (SSSR count). The first-order valence-electron chi connectivity index (χ1n) is 11.1. The molecule has 0 bridgehead atoms. The van der Waals surface area contributed by atoms with Crippen LogP contribution in [0.15, 0.2) is 29.2 Å². The molecule has 0 heterocycles. The van der Waals surface area contributed by atoms with E-state index in [1.54, 1.807) is 62.4 Å². The second-order valence-electron chi connectivity index (χ2n) is 8.76. The normalized spacial score (nSPS) is 13.6. The van der Waals surface area contributed by atoms with Gasteiger partial charge in [0.15, 0.2) is 0 Å². The molecule has 0 fully saturated rings. The molecule has 0 aliphatic carbocycles. The van der Waals surface area contributed by atoms with E-state index in [0.29, 0.717) is 6.42 Å². The summed E-state index contributed by atoms with van der Waals surface area (Å²) < 4.78 is 39.8. The molecule has 11 heteroatoms. The van der Waals surface area contributed by atoms with Crippen molar-refractivity contribution in [1.82, 2.24) is 5.32 Å². The summed E-state index contributed by atoms with van der Waals surface area (Å²) >= 11 is 1.59. The number of hydrogen-bond donors (Lipinski definition) is 1. The molecule has 0 aliphatic heterocycles. The molecular weight excluding hydrogens is 577 g/mol. The topological polar surface area (TPSA) is 125 Å². The van der Waals surface area contributed by atoms with Gasteiger partial charge in [-0.3, -0.25) is 13.8 Å². The van der Waals surface area contributed by atoms with Gasteiger partial charge in [0.05, 0.1) is 24.0 Å². The number of rotatable bonds is 13. The van der Waals surface area contributed by atoms with Crippen LogP contribution in [0.4, 0.5) is 4.79 Å². The van der Waals surface area contributed by atoms with E-state index in [1.165, 1.54) is 12.1 Å². The Labute approximate surface area is 215 Å². The lowest BCUT2D eigenvalue weighted by atomic mass is 9.95. The maximum Gasteiger partial charge on any atom is 0.408 e. The molecule has 192 valence electrons. The van der Waals surface area contributed by atoms with Crippen molar-refractivity contribution in [2.75, 3.05) is 13.2 Å². The van der Waals surface area contributed by atoms with Crippen LogP contribution in [0.3, 0.4) is 0 Å². The van der Waals surface area contributed by atoms with Crippen molar-refractivity contribution in [3.63, 3.8) is 0 Å². The van der Waals surface area contributed by atoms with Crippen LogP contribution in [-0.4, -0.2) is 49.1 Å². The van der Waals surface area contributed by atoms with Crippen molar-refractivity contribution in [2.24, 2.45) is 5.92 Å². The van der Waals surface area contributed by atoms with E-state index in [0.717, 1.165) is 5.56 Å². The number of halogens is 1. The molecule has 9 nitrogen and oxygen atoms in total. The largest absolute Gasteiger partial charge is 0.466 e. The van der Waals surface area contributed by atoms with Gasteiger partial charge in [0.1, 0.15) is 11.6 Å². The van der Waals surface area contributed by atoms with Gasteiger partial charge in [-0.15, -0.1) is 0 Å². The van der Waals surface area contributed by atoms with Crippen LogP contribution in [0.5, 0.6) is 0 Å². The number of carbonyl (C=O) groups excluding carboxylic acids is 3. The number of ether oxygens (including phenoxy) is 2. The van der Waals surface area contributed by atoms with Crippen LogP contribution in [0.25, 0.3) is 0 Å². The maximum absolute atomic E-state index is 12.4. The minimum Gasteiger partial charge on any atom is -0.466 e. The lowest BCUT2D eigenvalue weighted by molar-refractivity contribution is -0.148. The van der Waals surface area contributed by atoms with Crippen LogP contribution >= 0.6 is 22.6 Å². The molecule has 2 atom stereocenters. The van der Waals surface area contributed by atoms with Crippen LogP contribution in [0, 0.1) is 12.8 Å². The van der Waals surface area contributed by atoms with E-state index in [2.05, 4.69) is 5.32 Å². The fourth-order valence-electron chi connectivity index (χ4n) is 2.97. The average molecular weight is 611 g/mol. The third kappa shape index (κ3) is 11.6. The van der Waals surface area contributed by atoms with Gasteiger partial charge in [0.2, 0.25) is 3.79 Å². The van der Waals surface area contributed by atoms with Crippen molar-refractivity contribution in [3.05, 3.63) is 29.8 Å². The number of benzene rings is 1. The van der Waals surface area contributed by atoms with E-state index < -0.39 is 39.7 Å². The Bertz CT molecular complexity index is 925.